The fraction of sp³-hybridized carbons (Fsp3) is 0.778. The molecule has 0 spiro atoms. The first-order valence-electron chi connectivity index (χ1n) is 5.07. The molecule has 86 valence electrons. The molecule has 1 atom stereocenters. The highest BCUT2D eigenvalue weighted by molar-refractivity contribution is 5.93. The first kappa shape index (κ1) is 11.9. The van der Waals surface area contributed by atoms with Crippen molar-refractivity contribution in [1.82, 2.24) is 10.2 Å². The molecule has 1 rings (SSSR count). The highest BCUT2D eigenvalue weighted by atomic mass is 16.3. The minimum atomic E-state index is -0.819. The van der Waals surface area contributed by atoms with Crippen molar-refractivity contribution in [1.29, 1.82) is 0 Å². The van der Waals surface area contributed by atoms with Gasteiger partial charge in [-0.25, -0.2) is 4.79 Å². The molecule has 15 heavy (non-hydrogen) atoms. The van der Waals surface area contributed by atoms with Gasteiger partial charge in [0.1, 0.15) is 0 Å². The summed E-state index contributed by atoms with van der Waals surface area (Å²) in [5.41, 5.74) is 4.81. The molecule has 0 aliphatic carbocycles. The summed E-state index contributed by atoms with van der Waals surface area (Å²) in [6, 6.07) is -0.661. The third kappa shape index (κ3) is 3.85. The zero-order valence-electron chi connectivity index (χ0n) is 8.61. The van der Waals surface area contributed by atoms with Gasteiger partial charge in [0.05, 0.1) is 6.61 Å². The van der Waals surface area contributed by atoms with E-state index in [9.17, 15) is 9.59 Å². The van der Waals surface area contributed by atoms with Gasteiger partial charge in [-0.2, -0.15) is 0 Å². The van der Waals surface area contributed by atoms with Crippen LogP contribution >= 0.6 is 0 Å². The molecule has 1 aliphatic rings. The molecule has 1 heterocycles. The van der Waals surface area contributed by atoms with Crippen LogP contribution in [0, 0.1) is 0 Å². The van der Waals surface area contributed by atoms with Gasteiger partial charge >= 0.3 is 6.03 Å². The molecule has 0 aromatic heterocycles. The number of hydrogen-bond donors (Lipinski definition) is 3. The first-order valence-corrected chi connectivity index (χ1v) is 5.07. The van der Waals surface area contributed by atoms with Crippen molar-refractivity contribution in [3.63, 3.8) is 0 Å². The Morgan fingerprint density at radius 2 is 2.27 bits per heavy atom. The molecular weight excluding hydrogens is 198 g/mol. The van der Waals surface area contributed by atoms with Crippen molar-refractivity contribution in [3.8, 4) is 0 Å². The van der Waals surface area contributed by atoms with E-state index in [0.717, 1.165) is 19.4 Å². The number of nitrogens with two attached hydrogens (primary N) is 1. The fourth-order valence-electron chi connectivity index (χ4n) is 1.84. The monoisotopic (exact) mass is 215 g/mol. The van der Waals surface area contributed by atoms with Crippen molar-refractivity contribution in [2.45, 2.75) is 25.3 Å². The van der Waals surface area contributed by atoms with Crippen molar-refractivity contribution < 1.29 is 14.7 Å². The van der Waals surface area contributed by atoms with E-state index in [1.807, 2.05) is 5.32 Å². The van der Waals surface area contributed by atoms with Crippen LogP contribution in [0.2, 0.25) is 0 Å². The molecule has 6 nitrogen and oxygen atoms in total. The van der Waals surface area contributed by atoms with E-state index < -0.39 is 6.03 Å². The Morgan fingerprint density at radius 3 is 2.87 bits per heavy atom. The number of imide groups is 1. The maximum Gasteiger partial charge on any atom is 0.318 e. The van der Waals surface area contributed by atoms with Crippen molar-refractivity contribution >= 4 is 11.9 Å². The number of nitrogens with one attached hydrogen (secondary N) is 1. The third-order valence-corrected chi connectivity index (χ3v) is 2.60. The van der Waals surface area contributed by atoms with E-state index in [2.05, 4.69) is 4.90 Å². The predicted molar refractivity (Wildman–Crippen MR) is 54.0 cm³/mol. The van der Waals surface area contributed by atoms with Gasteiger partial charge in [0.15, 0.2) is 0 Å². The van der Waals surface area contributed by atoms with Gasteiger partial charge in [-0.1, -0.05) is 0 Å². The minimum absolute atomic E-state index is 0.122. The highest BCUT2D eigenvalue weighted by Crippen LogP contribution is 2.16. The molecule has 1 unspecified atom stereocenters. The number of primary amides is 1. The summed E-state index contributed by atoms with van der Waals surface area (Å²) >= 11 is 0. The van der Waals surface area contributed by atoms with E-state index in [-0.39, 0.29) is 25.0 Å². The lowest BCUT2D eigenvalue weighted by Crippen LogP contribution is -2.39. The SMILES string of the molecule is NC(=O)NC(=O)CCN1CCCC1CO. The second-order valence-electron chi connectivity index (χ2n) is 3.68. The van der Waals surface area contributed by atoms with Crippen LogP contribution in [0.5, 0.6) is 0 Å². The number of carbonyl (C=O) groups excluding carboxylic acids is 2. The Morgan fingerprint density at radius 1 is 1.53 bits per heavy atom. The number of carbonyl (C=O) groups is 2. The highest BCUT2D eigenvalue weighted by Gasteiger charge is 2.23. The lowest BCUT2D eigenvalue weighted by atomic mass is 10.2. The Labute approximate surface area is 88.4 Å². The summed E-state index contributed by atoms with van der Waals surface area (Å²) in [5, 5.41) is 11.0. The maximum absolute atomic E-state index is 11.1. The smallest absolute Gasteiger partial charge is 0.318 e. The average molecular weight is 215 g/mol. The molecule has 0 saturated carbocycles. The second kappa shape index (κ2) is 5.67. The molecule has 0 radical (unpaired) electrons. The lowest BCUT2D eigenvalue weighted by molar-refractivity contribution is -0.120. The van der Waals surface area contributed by atoms with Gasteiger partial charge in [-0.3, -0.25) is 15.0 Å². The van der Waals surface area contributed by atoms with E-state index in [1.165, 1.54) is 0 Å². The normalized spacial score (nSPS) is 21.5. The molecule has 6 heteroatoms. The number of likely N-dealkylation sites (tertiary alicyclic amines) is 1. The zero-order valence-corrected chi connectivity index (χ0v) is 8.61. The van der Waals surface area contributed by atoms with Gasteiger partial charge in [0.25, 0.3) is 0 Å². The summed E-state index contributed by atoms with van der Waals surface area (Å²) in [4.78, 5) is 23.5. The van der Waals surface area contributed by atoms with E-state index in [0.29, 0.717) is 6.54 Å². The second-order valence-corrected chi connectivity index (χ2v) is 3.68. The van der Waals surface area contributed by atoms with Gasteiger partial charge < -0.3 is 10.8 Å². The van der Waals surface area contributed by atoms with Crippen LogP contribution in [0.4, 0.5) is 4.79 Å². The number of hydrogen-bond acceptors (Lipinski definition) is 4. The summed E-state index contributed by atoms with van der Waals surface area (Å²) in [6.45, 7) is 1.58. The van der Waals surface area contributed by atoms with Crippen LogP contribution in [0.15, 0.2) is 0 Å². The summed E-state index contributed by atoms with van der Waals surface area (Å²) in [7, 11) is 0. The Bertz CT molecular complexity index is 245. The number of nitrogens with zero attached hydrogens (tertiary/aromatic N) is 1. The zero-order chi connectivity index (χ0) is 11.3. The summed E-state index contributed by atoms with van der Waals surface area (Å²) < 4.78 is 0. The van der Waals surface area contributed by atoms with E-state index in [1.54, 1.807) is 0 Å². The Hall–Kier alpha value is -1.14. The van der Waals surface area contributed by atoms with Crippen molar-refractivity contribution in [3.05, 3.63) is 0 Å². The summed E-state index contributed by atoms with van der Waals surface area (Å²) in [5.74, 6) is -0.369. The van der Waals surface area contributed by atoms with Crippen LogP contribution in [0.1, 0.15) is 19.3 Å². The Balaban J connectivity index is 2.24. The van der Waals surface area contributed by atoms with Gasteiger partial charge in [-0.05, 0) is 19.4 Å². The molecule has 1 fully saturated rings. The standard InChI is InChI=1S/C9H17N3O3/c10-9(15)11-8(14)3-5-12-4-1-2-7(12)6-13/h7,13H,1-6H2,(H3,10,11,14,15). The molecule has 0 aromatic carbocycles. The first-order chi connectivity index (χ1) is 7.13. The van der Waals surface area contributed by atoms with Crippen LogP contribution < -0.4 is 11.1 Å². The Kier molecular flexibility index (Phi) is 4.51. The van der Waals surface area contributed by atoms with Gasteiger partial charge in [0, 0.05) is 19.0 Å². The van der Waals surface area contributed by atoms with E-state index in [4.69, 9.17) is 10.8 Å². The largest absolute Gasteiger partial charge is 0.395 e. The molecule has 4 N–H and O–H groups in total. The molecule has 1 aliphatic heterocycles. The number of rotatable bonds is 4. The van der Waals surface area contributed by atoms with Crippen LogP contribution in [-0.2, 0) is 4.79 Å². The van der Waals surface area contributed by atoms with E-state index >= 15 is 0 Å². The lowest BCUT2D eigenvalue weighted by Gasteiger charge is -2.21. The number of amides is 3. The predicted octanol–water partition coefficient (Wildman–Crippen LogP) is -0.972. The van der Waals surface area contributed by atoms with Gasteiger partial charge in [-0.15, -0.1) is 0 Å². The third-order valence-electron chi connectivity index (χ3n) is 2.60. The van der Waals surface area contributed by atoms with Crippen molar-refractivity contribution in [2.24, 2.45) is 5.73 Å². The number of aliphatic hydroxyl groups is 1. The summed E-state index contributed by atoms with van der Waals surface area (Å²) in [6.07, 6.45) is 2.25. The minimum Gasteiger partial charge on any atom is -0.395 e. The molecule has 3 amide bonds. The topological polar surface area (TPSA) is 95.7 Å². The van der Waals surface area contributed by atoms with Gasteiger partial charge in [0.2, 0.25) is 5.91 Å². The van der Waals surface area contributed by atoms with Crippen LogP contribution in [0.3, 0.4) is 0 Å². The van der Waals surface area contributed by atoms with Crippen LogP contribution in [-0.4, -0.2) is 47.7 Å². The maximum atomic E-state index is 11.1. The number of aliphatic hydroxyl groups excluding tert-OH is 1. The van der Waals surface area contributed by atoms with Crippen LogP contribution in [0.25, 0.3) is 0 Å². The number of urea groups is 1. The molecule has 0 aromatic rings. The molecular formula is C9H17N3O3. The van der Waals surface area contributed by atoms with Crippen molar-refractivity contribution in [2.75, 3.05) is 19.7 Å². The quantitative estimate of drug-likeness (QED) is 0.562. The average Bonchev–Trinajstić information content (AvgIpc) is 2.60. The molecule has 0 bridgehead atoms. The fourth-order valence-corrected chi connectivity index (χ4v) is 1.84. The molecule has 1 saturated heterocycles.